The Kier molecular flexibility index (Phi) is 5.31. The third-order valence-electron chi connectivity index (χ3n) is 4.38. The van der Waals surface area contributed by atoms with Crippen molar-refractivity contribution in [2.75, 3.05) is 5.32 Å². The summed E-state index contributed by atoms with van der Waals surface area (Å²) in [7, 11) is 0. The number of amides is 1. The summed E-state index contributed by atoms with van der Waals surface area (Å²) in [5.74, 6) is 1.53. The highest BCUT2D eigenvalue weighted by molar-refractivity contribution is 9.10. The van der Waals surface area contributed by atoms with Crippen LogP contribution in [-0.4, -0.2) is 26.8 Å². The predicted octanol–water partition coefficient (Wildman–Crippen LogP) is 4.90. The maximum absolute atomic E-state index is 12.7. The van der Waals surface area contributed by atoms with E-state index in [9.17, 15) is 4.79 Å². The zero-order valence-electron chi connectivity index (χ0n) is 16.0. The number of benzene rings is 2. The van der Waals surface area contributed by atoms with Crippen LogP contribution in [0.2, 0.25) is 0 Å². The highest BCUT2D eigenvalue weighted by Crippen LogP contribution is 2.21. The zero-order chi connectivity index (χ0) is 20.4. The van der Waals surface area contributed by atoms with Gasteiger partial charge in [0.05, 0.1) is 11.2 Å². The number of fused-ring (bicyclic) bond motifs is 1. The molecule has 7 heteroatoms. The van der Waals surface area contributed by atoms with Crippen molar-refractivity contribution in [2.45, 2.75) is 20.0 Å². The van der Waals surface area contributed by atoms with Crippen molar-refractivity contribution in [1.82, 2.24) is 14.8 Å². The summed E-state index contributed by atoms with van der Waals surface area (Å²) in [4.78, 5) is 17.3. The molecule has 0 saturated carbocycles. The van der Waals surface area contributed by atoms with E-state index in [0.717, 1.165) is 21.1 Å². The fourth-order valence-electron chi connectivity index (χ4n) is 2.94. The van der Waals surface area contributed by atoms with Gasteiger partial charge in [0.2, 0.25) is 0 Å². The quantitative estimate of drug-likeness (QED) is 0.469. The summed E-state index contributed by atoms with van der Waals surface area (Å²) < 4.78 is 8.31. The lowest BCUT2D eigenvalue weighted by atomic mass is 10.2. The molecule has 6 nitrogen and oxygen atoms in total. The molecule has 2 heterocycles. The second-order valence-electron chi connectivity index (χ2n) is 6.65. The number of aromatic nitrogens is 3. The lowest BCUT2D eigenvalue weighted by Crippen LogP contribution is -2.31. The molecule has 2 aromatic heterocycles. The number of rotatable bonds is 5. The fraction of sp³-hybridized carbons (Fsp3) is 0.136. The number of aryl methyl sites for hydroxylation is 1. The Balaban J connectivity index is 1.55. The minimum Gasteiger partial charge on any atom is -0.481 e. The maximum Gasteiger partial charge on any atom is 0.266 e. The standard InChI is InChI=1S/C22H19BrN4O2/c1-14-13-21(25-22(28)15(2)29-18-10-8-17(23)9-11-18)27(26-14)20-12-7-16-5-3-4-6-19(16)24-20/h3-13,15H,1-2H3,(H,25,28). The summed E-state index contributed by atoms with van der Waals surface area (Å²) in [5, 5.41) is 8.43. The number of ether oxygens (including phenoxy) is 1. The minimum absolute atomic E-state index is 0.269. The minimum atomic E-state index is -0.676. The van der Waals surface area contributed by atoms with Gasteiger partial charge in [-0.25, -0.2) is 4.98 Å². The van der Waals surface area contributed by atoms with Crippen LogP contribution in [0.4, 0.5) is 5.82 Å². The molecule has 0 saturated heterocycles. The van der Waals surface area contributed by atoms with Gasteiger partial charge < -0.3 is 10.1 Å². The Morgan fingerprint density at radius 1 is 1.10 bits per heavy atom. The number of hydrogen-bond acceptors (Lipinski definition) is 4. The number of pyridine rings is 1. The van der Waals surface area contributed by atoms with Crippen molar-refractivity contribution >= 4 is 38.6 Å². The van der Waals surface area contributed by atoms with E-state index in [2.05, 4.69) is 31.3 Å². The summed E-state index contributed by atoms with van der Waals surface area (Å²) >= 11 is 3.38. The number of nitrogens with zero attached hydrogens (tertiary/aromatic N) is 3. The van der Waals surface area contributed by atoms with Gasteiger partial charge in [-0.1, -0.05) is 34.1 Å². The Labute approximate surface area is 176 Å². The van der Waals surface area contributed by atoms with Crippen LogP contribution in [0.5, 0.6) is 5.75 Å². The molecule has 146 valence electrons. The van der Waals surface area contributed by atoms with E-state index < -0.39 is 6.10 Å². The molecule has 0 bridgehead atoms. The second kappa shape index (κ2) is 8.05. The van der Waals surface area contributed by atoms with Gasteiger partial charge in [0, 0.05) is 15.9 Å². The van der Waals surface area contributed by atoms with Gasteiger partial charge in [-0.3, -0.25) is 4.79 Å². The topological polar surface area (TPSA) is 69.0 Å². The van der Waals surface area contributed by atoms with E-state index >= 15 is 0 Å². The molecule has 29 heavy (non-hydrogen) atoms. The largest absolute Gasteiger partial charge is 0.481 e. The zero-order valence-corrected chi connectivity index (χ0v) is 17.6. The smallest absolute Gasteiger partial charge is 0.266 e. The average Bonchev–Trinajstić information content (AvgIpc) is 3.09. The van der Waals surface area contributed by atoms with E-state index in [0.29, 0.717) is 17.4 Å². The molecule has 4 aromatic rings. The molecule has 0 aliphatic heterocycles. The molecule has 0 aliphatic carbocycles. The van der Waals surface area contributed by atoms with Crippen LogP contribution in [0.15, 0.2) is 71.2 Å². The molecular formula is C22H19BrN4O2. The number of halogens is 1. The third kappa shape index (κ3) is 4.30. The number of carbonyl (C=O) groups is 1. The summed E-state index contributed by atoms with van der Waals surface area (Å²) in [6.45, 7) is 3.58. The Hall–Kier alpha value is -3.19. The molecule has 2 aromatic carbocycles. The number of hydrogen-bond donors (Lipinski definition) is 1. The number of anilines is 1. The number of para-hydroxylation sites is 1. The highest BCUT2D eigenvalue weighted by atomic mass is 79.9. The van der Waals surface area contributed by atoms with E-state index in [1.54, 1.807) is 29.8 Å². The van der Waals surface area contributed by atoms with E-state index in [-0.39, 0.29) is 5.91 Å². The summed E-state index contributed by atoms with van der Waals surface area (Å²) in [6, 6.07) is 20.9. The fourth-order valence-corrected chi connectivity index (χ4v) is 3.20. The molecule has 0 radical (unpaired) electrons. The van der Waals surface area contributed by atoms with Crippen LogP contribution in [0.3, 0.4) is 0 Å². The van der Waals surface area contributed by atoms with Gasteiger partial charge in [0.1, 0.15) is 11.6 Å². The Morgan fingerprint density at radius 2 is 1.86 bits per heavy atom. The first-order chi connectivity index (χ1) is 14.0. The number of carbonyl (C=O) groups excluding carboxylic acids is 1. The first-order valence-electron chi connectivity index (χ1n) is 9.15. The molecule has 0 aliphatic rings. The van der Waals surface area contributed by atoms with Crippen molar-refractivity contribution in [1.29, 1.82) is 0 Å². The van der Waals surface area contributed by atoms with Crippen LogP contribution in [0.1, 0.15) is 12.6 Å². The van der Waals surface area contributed by atoms with Crippen LogP contribution in [0.25, 0.3) is 16.7 Å². The monoisotopic (exact) mass is 450 g/mol. The Bertz CT molecular complexity index is 1170. The van der Waals surface area contributed by atoms with Gasteiger partial charge in [-0.05, 0) is 56.3 Å². The van der Waals surface area contributed by atoms with Crippen molar-refractivity contribution in [3.8, 4) is 11.6 Å². The molecule has 0 fully saturated rings. The summed E-state index contributed by atoms with van der Waals surface area (Å²) in [6.07, 6.45) is -0.676. The highest BCUT2D eigenvalue weighted by Gasteiger charge is 2.18. The van der Waals surface area contributed by atoms with Crippen LogP contribution >= 0.6 is 15.9 Å². The molecule has 0 spiro atoms. The number of nitrogens with one attached hydrogen (secondary N) is 1. The van der Waals surface area contributed by atoms with Gasteiger partial charge >= 0.3 is 0 Å². The Morgan fingerprint density at radius 3 is 2.66 bits per heavy atom. The first kappa shape index (κ1) is 19.1. The van der Waals surface area contributed by atoms with E-state index in [1.807, 2.05) is 55.5 Å². The van der Waals surface area contributed by atoms with E-state index in [4.69, 9.17) is 4.74 Å². The second-order valence-corrected chi connectivity index (χ2v) is 7.56. The van der Waals surface area contributed by atoms with Gasteiger partial charge in [0.25, 0.3) is 5.91 Å². The molecule has 1 N–H and O–H groups in total. The molecule has 4 rings (SSSR count). The van der Waals surface area contributed by atoms with Crippen molar-refractivity contribution in [3.63, 3.8) is 0 Å². The van der Waals surface area contributed by atoms with E-state index in [1.165, 1.54) is 0 Å². The van der Waals surface area contributed by atoms with Crippen molar-refractivity contribution in [3.05, 3.63) is 76.9 Å². The normalized spacial score (nSPS) is 12.0. The maximum atomic E-state index is 12.7. The van der Waals surface area contributed by atoms with Crippen LogP contribution in [-0.2, 0) is 4.79 Å². The van der Waals surface area contributed by atoms with Crippen LogP contribution < -0.4 is 10.1 Å². The lowest BCUT2D eigenvalue weighted by Gasteiger charge is -2.15. The lowest BCUT2D eigenvalue weighted by molar-refractivity contribution is -0.122. The SMILES string of the molecule is Cc1cc(NC(=O)C(C)Oc2ccc(Br)cc2)n(-c2ccc3ccccc3n2)n1. The van der Waals surface area contributed by atoms with Gasteiger partial charge in [-0.2, -0.15) is 9.78 Å². The predicted molar refractivity (Wildman–Crippen MR) is 116 cm³/mol. The van der Waals surface area contributed by atoms with Gasteiger partial charge in [0.15, 0.2) is 11.9 Å². The van der Waals surface area contributed by atoms with Crippen LogP contribution in [0, 0.1) is 6.92 Å². The van der Waals surface area contributed by atoms with Crippen molar-refractivity contribution < 1.29 is 9.53 Å². The molecule has 1 amide bonds. The summed E-state index contributed by atoms with van der Waals surface area (Å²) in [5.41, 5.74) is 1.64. The molecular weight excluding hydrogens is 432 g/mol. The average molecular weight is 451 g/mol. The van der Waals surface area contributed by atoms with Gasteiger partial charge in [-0.15, -0.1) is 0 Å². The molecule has 1 unspecified atom stereocenters. The molecule has 1 atom stereocenters. The first-order valence-corrected chi connectivity index (χ1v) is 9.95. The third-order valence-corrected chi connectivity index (χ3v) is 4.91. The van der Waals surface area contributed by atoms with Crippen molar-refractivity contribution in [2.24, 2.45) is 0 Å².